The van der Waals surface area contributed by atoms with Gasteiger partial charge in [-0.1, -0.05) is 12.1 Å². The Kier molecular flexibility index (Phi) is 4.10. The highest BCUT2D eigenvalue weighted by Crippen LogP contribution is 2.17. The fraction of sp³-hybridized carbons (Fsp3) is 0.231. The van der Waals surface area contributed by atoms with E-state index in [1.807, 2.05) is 0 Å². The molecule has 0 aliphatic carbocycles. The summed E-state index contributed by atoms with van der Waals surface area (Å²) in [4.78, 5) is 12.1. The lowest BCUT2D eigenvalue weighted by Crippen LogP contribution is -2.27. The van der Waals surface area contributed by atoms with Gasteiger partial charge in [-0.3, -0.25) is 9.89 Å². The number of sulfonamides is 1. The molecule has 0 bridgehead atoms. The number of primary sulfonamides is 1. The van der Waals surface area contributed by atoms with Crippen molar-refractivity contribution in [3.05, 3.63) is 47.3 Å². The third-order valence-corrected chi connectivity index (χ3v) is 4.02. The Labute approximate surface area is 122 Å². The third kappa shape index (κ3) is 3.47. The lowest BCUT2D eigenvalue weighted by atomic mass is 10.1. The van der Waals surface area contributed by atoms with E-state index < -0.39 is 10.0 Å². The first-order chi connectivity index (χ1) is 9.79. The van der Waals surface area contributed by atoms with Gasteiger partial charge in [-0.2, -0.15) is 5.10 Å². The first-order valence-electron chi connectivity index (χ1n) is 6.22. The molecule has 1 amide bonds. The number of aromatic nitrogens is 2. The lowest BCUT2D eigenvalue weighted by molar-refractivity contribution is 0.0939. The highest BCUT2D eigenvalue weighted by atomic mass is 32.2. The van der Waals surface area contributed by atoms with E-state index in [-0.39, 0.29) is 16.8 Å². The molecule has 0 fully saturated rings. The number of rotatable bonds is 4. The van der Waals surface area contributed by atoms with Gasteiger partial charge < -0.3 is 5.32 Å². The van der Waals surface area contributed by atoms with Crippen LogP contribution in [0, 0.1) is 6.92 Å². The van der Waals surface area contributed by atoms with Gasteiger partial charge in [0.05, 0.1) is 22.7 Å². The van der Waals surface area contributed by atoms with Crippen LogP contribution >= 0.6 is 0 Å². The Morgan fingerprint density at radius 3 is 2.71 bits per heavy atom. The molecule has 1 atom stereocenters. The summed E-state index contributed by atoms with van der Waals surface area (Å²) in [6, 6.07) is 5.80. The molecule has 0 saturated heterocycles. The molecule has 2 aromatic rings. The van der Waals surface area contributed by atoms with Crippen molar-refractivity contribution in [1.29, 1.82) is 0 Å². The third-order valence-electron chi connectivity index (χ3n) is 3.11. The summed E-state index contributed by atoms with van der Waals surface area (Å²) in [5.74, 6) is -0.283. The van der Waals surface area contributed by atoms with Crippen LogP contribution in [0.5, 0.6) is 0 Å². The lowest BCUT2D eigenvalue weighted by Gasteiger charge is -2.14. The number of nitrogens with zero attached hydrogens (tertiary/aromatic N) is 1. The molecule has 7 nitrogen and oxygen atoms in total. The van der Waals surface area contributed by atoms with E-state index in [4.69, 9.17) is 5.14 Å². The Morgan fingerprint density at radius 1 is 1.43 bits per heavy atom. The summed E-state index contributed by atoms with van der Waals surface area (Å²) in [5, 5.41) is 14.4. The second-order valence-electron chi connectivity index (χ2n) is 4.72. The van der Waals surface area contributed by atoms with Crippen molar-refractivity contribution in [2.24, 2.45) is 5.14 Å². The second-order valence-corrected chi connectivity index (χ2v) is 6.28. The molecule has 112 valence electrons. The van der Waals surface area contributed by atoms with E-state index in [9.17, 15) is 13.2 Å². The maximum Gasteiger partial charge on any atom is 0.255 e. The summed E-state index contributed by atoms with van der Waals surface area (Å²) in [7, 11) is -3.76. The predicted octanol–water partition coefficient (Wildman–Crippen LogP) is 0.857. The van der Waals surface area contributed by atoms with Gasteiger partial charge in [0.25, 0.3) is 5.91 Å². The zero-order chi connectivity index (χ0) is 15.6. The molecule has 0 aliphatic rings. The van der Waals surface area contributed by atoms with Gasteiger partial charge in [0.1, 0.15) is 0 Å². The zero-order valence-electron chi connectivity index (χ0n) is 11.6. The van der Waals surface area contributed by atoms with Gasteiger partial charge in [0.2, 0.25) is 10.0 Å². The smallest absolute Gasteiger partial charge is 0.255 e. The molecule has 0 radical (unpaired) electrons. The van der Waals surface area contributed by atoms with Crippen LogP contribution in [0.3, 0.4) is 0 Å². The quantitative estimate of drug-likeness (QED) is 0.776. The van der Waals surface area contributed by atoms with Crippen LogP contribution in [0.25, 0.3) is 0 Å². The first kappa shape index (κ1) is 15.2. The van der Waals surface area contributed by atoms with Gasteiger partial charge in [-0.15, -0.1) is 0 Å². The summed E-state index contributed by atoms with van der Waals surface area (Å²) in [6.07, 6.45) is 1.44. The SMILES string of the molecule is Cc1[nH]ncc1C(=O)NC(C)c1cccc(S(N)(=O)=O)c1. The zero-order valence-corrected chi connectivity index (χ0v) is 12.4. The molecule has 0 spiro atoms. The Balaban J connectivity index is 2.19. The Bertz CT molecular complexity index is 767. The number of carbonyl (C=O) groups excluding carboxylic acids is 1. The normalized spacial score (nSPS) is 12.9. The molecule has 8 heteroatoms. The number of aryl methyl sites for hydroxylation is 1. The van der Waals surface area contributed by atoms with Crippen LogP contribution in [0.2, 0.25) is 0 Å². The van der Waals surface area contributed by atoms with Crippen LogP contribution in [0.4, 0.5) is 0 Å². The van der Waals surface area contributed by atoms with E-state index in [0.717, 1.165) is 0 Å². The van der Waals surface area contributed by atoms with Gasteiger partial charge in [-0.25, -0.2) is 13.6 Å². The number of nitrogens with two attached hydrogens (primary N) is 1. The maximum absolute atomic E-state index is 12.1. The topological polar surface area (TPSA) is 118 Å². The molecule has 1 unspecified atom stereocenters. The van der Waals surface area contributed by atoms with Crippen LogP contribution < -0.4 is 10.5 Å². The number of amides is 1. The van der Waals surface area contributed by atoms with E-state index >= 15 is 0 Å². The number of carbonyl (C=O) groups is 1. The number of hydrogen-bond acceptors (Lipinski definition) is 4. The highest BCUT2D eigenvalue weighted by molar-refractivity contribution is 7.89. The van der Waals surface area contributed by atoms with E-state index in [1.54, 1.807) is 26.0 Å². The van der Waals surface area contributed by atoms with Gasteiger partial charge in [0, 0.05) is 5.69 Å². The molecular formula is C13H16N4O3S. The average Bonchev–Trinajstić information content (AvgIpc) is 2.84. The minimum absolute atomic E-state index is 0.0144. The van der Waals surface area contributed by atoms with Crippen molar-refractivity contribution in [3.63, 3.8) is 0 Å². The largest absolute Gasteiger partial charge is 0.345 e. The van der Waals surface area contributed by atoms with E-state index in [2.05, 4.69) is 15.5 Å². The molecule has 1 aromatic carbocycles. The van der Waals surface area contributed by atoms with Gasteiger partial charge >= 0.3 is 0 Å². The van der Waals surface area contributed by atoms with Crippen LogP contribution in [-0.4, -0.2) is 24.5 Å². The maximum atomic E-state index is 12.1. The standard InChI is InChI=1S/C13H16N4O3S/c1-8(16-13(18)12-7-15-17-9(12)2)10-4-3-5-11(6-10)21(14,19)20/h3-8H,1-2H3,(H,15,17)(H,16,18)(H2,14,19,20). The van der Waals surface area contributed by atoms with Gasteiger partial charge in [-0.05, 0) is 31.5 Å². The number of benzene rings is 1. The number of hydrogen-bond donors (Lipinski definition) is 3. The number of aromatic amines is 1. The monoisotopic (exact) mass is 308 g/mol. The first-order valence-corrected chi connectivity index (χ1v) is 7.77. The molecule has 2 rings (SSSR count). The van der Waals surface area contributed by atoms with Crippen molar-refractivity contribution >= 4 is 15.9 Å². The molecular weight excluding hydrogens is 292 g/mol. The summed E-state index contributed by atoms with van der Waals surface area (Å²) >= 11 is 0. The Hall–Kier alpha value is -2.19. The van der Waals surface area contributed by atoms with Crippen LogP contribution in [0.1, 0.15) is 34.6 Å². The van der Waals surface area contributed by atoms with Crippen LogP contribution in [-0.2, 0) is 10.0 Å². The van der Waals surface area contributed by atoms with Crippen molar-refractivity contribution in [2.45, 2.75) is 24.8 Å². The van der Waals surface area contributed by atoms with Crippen molar-refractivity contribution in [1.82, 2.24) is 15.5 Å². The van der Waals surface area contributed by atoms with Crippen molar-refractivity contribution in [2.75, 3.05) is 0 Å². The van der Waals surface area contributed by atoms with E-state index in [0.29, 0.717) is 16.8 Å². The minimum atomic E-state index is -3.76. The van der Waals surface area contributed by atoms with Gasteiger partial charge in [0.15, 0.2) is 0 Å². The van der Waals surface area contributed by atoms with Crippen LogP contribution in [0.15, 0.2) is 35.4 Å². The number of H-pyrrole nitrogens is 1. The van der Waals surface area contributed by atoms with Crippen molar-refractivity contribution < 1.29 is 13.2 Å². The molecule has 0 aliphatic heterocycles. The second kappa shape index (κ2) is 5.66. The fourth-order valence-corrected chi connectivity index (χ4v) is 2.47. The average molecular weight is 308 g/mol. The summed E-state index contributed by atoms with van der Waals surface area (Å²) in [5.41, 5.74) is 1.76. The summed E-state index contributed by atoms with van der Waals surface area (Å²) < 4.78 is 22.7. The van der Waals surface area contributed by atoms with Crippen molar-refractivity contribution in [3.8, 4) is 0 Å². The summed E-state index contributed by atoms with van der Waals surface area (Å²) in [6.45, 7) is 3.50. The molecule has 21 heavy (non-hydrogen) atoms. The molecule has 1 heterocycles. The molecule has 0 saturated carbocycles. The predicted molar refractivity (Wildman–Crippen MR) is 77.0 cm³/mol. The Morgan fingerprint density at radius 2 is 2.14 bits per heavy atom. The number of nitrogens with one attached hydrogen (secondary N) is 2. The van der Waals surface area contributed by atoms with E-state index in [1.165, 1.54) is 18.3 Å². The fourth-order valence-electron chi connectivity index (χ4n) is 1.90. The minimum Gasteiger partial charge on any atom is -0.345 e. The molecule has 4 N–H and O–H groups in total. The molecule has 1 aromatic heterocycles. The highest BCUT2D eigenvalue weighted by Gasteiger charge is 2.16.